The number of methoxy groups -OCH3 is 1. The maximum absolute atomic E-state index is 12.3. The fourth-order valence-electron chi connectivity index (χ4n) is 2.76. The van der Waals surface area contributed by atoms with Gasteiger partial charge in [0.1, 0.15) is 5.02 Å². The summed E-state index contributed by atoms with van der Waals surface area (Å²) in [7, 11) is 3.53. The van der Waals surface area contributed by atoms with E-state index in [1.165, 1.54) is 11.1 Å². The molecule has 1 aliphatic rings. The molecule has 0 aliphatic carbocycles. The van der Waals surface area contributed by atoms with Crippen molar-refractivity contribution in [3.05, 3.63) is 21.6 Å². The third-order valence-corrected chi connectivity index (χ3v) is 4.21. The second kappa shape index (κ2) is 7.77. The number of anilines is 1. The maximum atomic E-state index is 12.3. The molecule has 1 aromatic rings. The van der Waals surface area contributed by atoms with Crippen LogP contribution >= 0.6 is 11.6 Å². The zero-order chi connectivity index (χ0) is 15.2. The first-order chi connectivity index (χ1) is 10.2. The molecule has 1 saturated heterocycles. The van der Waals surface area contributed by atoms with Crippen molar-refractivity contribution in [1.82, 2.24) is 15.1 Å². The van der Waals surface area contributed by atoms with Gasteiger partial charge in [0.05, 0.1) is 25.0 Å². The molecule has 1 atom stereocenters. The average molecular weight is 315 g/mol. The third-order valence-electron chi connectivity index (χ3n) is 3.85. The van der Waals surface area contributed by atoms with Gasteiger partial charge < -0.3 is 15.0 Å². The third kappa shape index (κ3) is 3.75. The van der Waals surface area contributed by atoms with E-state index in [1.54, 1.807) is 13.3 Å². The first kappa shape index (κ1) is 16.3. The van der Waals surface area contributed by atoms with Crippen molar-refractivity contribution < 1.29 is 4.74 Å². The Balaban J connectivity index is 2.26. The number of likely N-dealkylation sites (N-methyl/N-ethyl adjacent to an activating group) is 1. The van der Waals surface area contributed by atoms with E-state index in [9.17, 15) is 4.79 Å². The standard InChI is InChI=1S/C14H23ClN4O2/c1-16-9-11-5-3-4-6-18(11)12-10-17-19(7-8-21-2)14(20)13(12)15/h10-11,16H,3-9H2,1-2H3. The molecule has 2 rings (SSSR count). The van der Waals surface area contributed by atoms with Crippen LogP contribution in [-0.4, -0.2) is 49.7 Å². The summed E-state index contributed by atoms with van der Waals surface area (Å²) in [6.07, 6.45) is 5.12. The fourth-order valence-corrected chi connectivity index (χ4v) is 3.01. The predicted molar refractivity (Wildman–Crippen MR) is 84.3 cm³/mol. The Hall–Kier alpha value is -1.11. The van der Waals surface area contributed by atoms with Gasteiger partial charge in [0.15, 0.2) is 0 Å². The lowest BCUT2D eigenvalue weighted by Gasteiger charge is -2.37. The summed E-state index contributed by atoms with van der Waals surface area (Å²) in [6, 6.07) is 0.359. The van der Waals surface area contributed by atoms with E-state index in [2.05, 4.69) is 15.3 Å². The summed E-state index contributed by atoms with van der Waals surface area (Å²) in [6.45, 7) is 2.64. The molecule has 0 amide bonds. The van der Waals surface area contributed by atoms with Gasteiger partial charge in [0.25, 0.3) is 5.56 Å². The summed E-state index contributed by atoms with van der Waals surface area (Å²) >= 11 is 6.30. The molecule has 6 nitrogen and oxygen atoms in total. The summed E-state index contributed by atoms with van der Waals surface area (Å²) < 4.78 is 6.33. The highest BCUT2D eigenvalue weighted by Gasteiger charge is 2.25. The fraction of sp³-hybridized carbons (Fsp3) is 0.714. The number of halogens is 1. The van der Waals surface area contributed by atoms with Gasteiger partial charge in [-0.25, -0.2) is 4.68 Å². The second-order valence-corrected chi connectivity index (χ2v) is 5.64. The van der Waals surface area contributed by atoms with Crippen LogP contribution in [0.1, 0.15) is 19.3 Å². The quantitative estimate of drug-likeness (QED) is 0.853. The second-order valence-electron chi connectivity index (χ2n) is 5.27. The highest BCUT2D eigenvalue weighted by molar-refractivity contribution is 6.33. The van der Waals surface area contributed by atoms with Gasteiger partial charge in [-0.3, -0.25) is 4.79 Å². The van der Waals surface area contributed by atoms with Gasteiger partial charge in [-0.1, -0.05) is 11.6 Å². The minimum atomic E-state index is -0.250. The van der Waals surface area contributed by atoms with Gasteiger partial charge in [-0.2, -0.15) is 5.10 Å². The summed E-state index contributed by atoms with van der Waals surface area (Å²) in [4.78, 5) is 14.5. The van der Waals surface area contributed by atoms with E-state index in [4.69, 9.17) is 16.3 Å². The molecule has 0 radical (unpaired) electrons. The number of nitrogens with zero attached hydrogens (tertiary/aromatic N) is 3. The van der Waals surface area contributed by atoms with Crippen molar-refractivity contribution in [2.45, 2.75) is 31.8 Å². The lowest BCUT2D eigenvalue weighted by Crippen LogP contribution is -2.46. The number of rotatable bonds is 6. The molecule has 1 aromatic heterocycles. The molecule has 1 N–H and O–H groups in total. The molecule has 2 heterocycles. The molecule has 118 valence electrons. The molecular weight excluding hydrogens is 292 g/mol. The Morgan fingerprint density at radius 1 is 1.52 bits per heavy atom. The van der Waals surface area contributed by atoms with Crippen molar-refractivity contribution in [3.63, 3.8) is 0 Å². The molecule has 0 aromatic carbocycles. The highest BCUT2D eigenvalue weighted by Crippen LogP contribution is 2.28. The molecule has 21 heavy (non-hydrogen) atoms. The van der Waals surface area contributed by atoms with Crippen LogP contribution in [0, 0.1) is 0 Å². The summed E-state index contributed by atoms with van der Waals surface area (Å²) in [5, 5.41) is 7.68. The molecule has 0 saturated carbocycles. The highest BCUT2D eigenvalue weighted by atomic mass is 35.5. The van der Waals surface area contributed by atoms with Crippen LogP contribution < -0.4 is 15.8 Å². The molecule has 1 aliphatic heterocycles. The zero-order valence-electron chi connectivity index (χ0n) is 12.6. The number of aromatic nitrogens is 2. The maximum Gasteiger partial charge on any atom is 0.287 e. The zero-order valence-corrected chi connectivity index (χ0v) is 13.4. The predicted octanol–water partition coefficient (Wildman–Crippen LogP) is 1.12. The molecule has 1 fully saturated rings. The molecular formula is C14H23ClN4O2. The van der Waals surface area contributed by atoms with Crippen LogP contribution in [0.15, 0.2) is 11.0 Å². The van der Waals surface area contributed by atoms with Gasteiger partial charge in [-0.05, 0) is 26.3 Å². The van der Waals surface area contributed by atoms with Gasteiger partial charge in [-0.15, -0.1) is 0 Å². The first-order valence-corrected chi connectivity index (χ1v) is 7.72. The molecule has 7 heteroatoms. The largest absolute Gasteiger partial charge is 0.383 e. The number of nitrogens with one attached hydrogen (secondary N) is 1. The van der Waals surface area contributed by atoms with E-state index >= 15 is 0 Å². The van der Waals surface area contributed by atoms with Crippen LogP contribution in [0.4, 0.5) is 5.69 Å². The number of piperidine rings is 1. The summed E-state index contributed by atoms with van der Waals surface area (Å²) in [5.74, 6) is 0. The Morgan fingerprint density at radius 2 is 2.33 bits per heavy atom. The van der Waals surface area contributed by atoms with Gasteiger partial charge in [0.2, 0.25) is 0 Å². The van der Waals surface area contributed by atoms with E-state index in [0.717, 1.165) is 31.6 Å². The van der Waals surface area contributed by atoms with Crippen molar-refractivity contribution in [2.75, 3.05) is 38.8 Å². The lowest BCUT2D eigenvalue weighted by atomic mass is 10.0. The van der Waals surface area contributed by atoms with Crippen molar-refractivity contribution in [3.8, 4) is 0 Å². The minimum absolute atomic E-state index is 0.250. The Morgan fingerprint density at radius 3 is 3.05 bits per heavy atom. The van der Waals surface area contributed by atoms with Crippen LogP contribution in [0.2, 0.25) is 5.02 Å². The van der Waals surface area contributed by atoms with Gasteiger partial charge >= 0.3 is 0 Å². The number of hydrogen-bond acceptors (Lipinski definition) is 5. The minimum Gasteiger partial charge on any atom is -0.383 e. The molecule has 0 spiro atoms. The van der Waals surface area contributed by atoms with Gasteiger partial charge in [0, 0.05) is 26.2 Å². The van der Waals surface area contributed by atoms with Crippen LogP contribution in [0.5, 0.6) is 0 Å². The Kier molecular flexibility index (Phi) is 6.02. The normalized spacial score (nSPS) is 19.0. The van der Waals surface area contributed by atoms with E-state index in [-0.39, 0.29) is 10.6 Å². The van der Waals surface area contributed by atoms with E-state index in [0.29, 0.717) is 19.2 Å². The van der Waals surface area contributed by atoms with E-state index in [1.807, 2.05) is 7.05 Å². The topological polar surface area (TPSA) is 59.4 Å². The van der Waals surface area contributed by atoms with Crippen LogP contribution in [-0.2, 0) is 11.3 Å². The van der Waals surface area contributed by atoms with Crippen molar-refractivity contribution >= 4 is 17.3 Å². The Labute approximate surface area is 130 Å². The summed E-state index contributed by atoms with van der Waals surface area (Å²) in [5.41, 5.74) is 0.496. The van der Waals surface area contributed by atoms with E-state index < -0.39 is 0 Å². The van der Waals surface area contributed by atoms with Crippen molar-refractivity contribution in [1.29, 1.82) is 0 Å². The lowest BCUT2D eigenvalue weighted by molar-refractivity contribution is 0.182. The van der Waals surface area contributed by atoms with Crippen LogP contribution in [0.25, 0.3) is 0 Å². The monoisotopic (exact) mass is 314 g/mol. The van der Waals surface area contributed by atoms with Crippen LogP contribution in [0.3, 0.4) is 0 Å². The SMILES string of the molecule is CNCC1CCCCN1c1cnn(CCOC)c(=O)c1Cl. The average Bonchev–Trinajstić information content (AvgIpc) is 2.50. The van der Waals surface area contributed by atoms with Crippen molar-refractivity contribution in [2.24, 2.45) is 0 Å². The Bertz CT molecular complexity index is 518. The number of ether oxygens (including phenoxy) is 1. The molecule has 1 unspecified atom stereocenters. The molecule has 0 bridgehead atoms. The first-order valence-electron chi connectivity index (χ1n) is 7.34. The smallest absolute Gasteiger partial charge is 0.287 e. The number of hydrogen-bond donors (Lipinski definition) is 1.